The van der Waals surface area contributed by atoms with Crippen LogP contribution in [0.5, 0.6) is 0 Å². The second-order valence-electron chi connectivity index (χ2n) is 4.44. The third-order valence-electron chi connectivity index (χ3n) is 2.85. The van der Waals surface area contributed by atoms with Crippen LogP contribution in [0.15, 0.2) is 40.0 Å². The Bertz CT molecular complexity index is 729. The number of para-hydroxylation sites is 1. The SMILES string of the molecule is CSCc1nnc(S[C@@H](C)c2nnnn2-c2ccccc2)o1. The lowest BCUT2D eigenvalue weighted by Crippen LogP contribution is -2.04. The summed E-state index contributed by atoms with van der Waals surface area (Å²) in [6.07, 6.45) is 1.99. The number of tetrazole rings is 1. The first kappa shape index (κ1) is 15.0. The Morgan fingerprint density at radius 2 is 2.00 bits per heavy atom. The first-order valence-electron chi connectivity index (χ1n) is 6.59. The summed E-state index contributed by atoms with van der Waals surface area (Å²) in [5.41, 5.74) is 0.920. The van der Waals surface area contributed by atoms with Gasteiger partial charge in [0.2, 0.25) is 5.89 Å². The molecule has 2 aromatic heterocycles. The Balaban J connectivity index is 1.78. The Kier molecular flexibility index (Phi) is 4.74. The van der Waals surface area contributed by atoms with E-state index in [1.807, 2.05) is 43.5 Å². The second-order valence-corrected chi connectivity index (χ2v) is 6.60. The van der Waals surface area contributed by atoms with E-state index in [4.69, 9.17) is 4.42 Å². The number of hydrogen-bond acceptors (Lipinski definition) is 8. The van der Waals surface area contributed by atoms with Crippen molar-refractivity contribution in [3.05, 3.63) is 42.0 Å². The average Bonchev–Trinajstić information content (AvgIpc) is 3.18. The number of thioether (sulfide) groups is 2. The van der Waals surface area contributed by atoms with Crippen LogP contribution in [0.1, 0.15) is 23.9 Å². The minimum atomic E-state index is -0.0159. The number of benzene rings is 1. The highest BCUT2D eigenvalue weighted by atomic mass is 32.2. The first-order chi connectivity index (χ1) is 10.8. The second kappa shape index (κ2) is 6.93. The van der Waals surface area contributed by atoms with E-state index in [0.29, 0.717) is 16.9 Å². The predicted octanol–water partition coefficient (Wildman–Crippen LogP) is 2.76. The molecular formula is C13H14N6OS2. The third kappa shape index (κ3) is 3.30. The lowest BCUT2D eigenvalue weighted by molar-refractivity contribution is 0.426. The van der Waals surface area contributed by atoms with Gasteiger partial charge in [0.25, 0.3) is 5.22 Å². The van der Waals surface area contributed by atoms with Gasteiger partial charge in [-0.05, 0) is 35.7 Å². The van der Waals surface area contributed by atoms with Gasteiger partial charge in [-0.15, -0.1) is 15.3 Å². The molecule has 0 aliphatic carbocycles. The average molecular weight is 334 g/mol. The molecule has 0 aliphatic heterocycles. The maximum absolute atomic E-state index is 5.58. The number of rotatable bonds is 6. The zero-order valence-corrected chi connectivity index (χ0v) is 13.7. The van der Waals surface area contributed by atoms with E-state index >= 15 is 0 Å². The molecule has 0 spiro atoms. The summed E-state index contributed by atoms with van der Waals surface area (Å²) in [4.78, 5) is 0. The molecule has 3 rings (SSSR count). The number of hydrogen-bond donors (Lipinski definition) is 0. The van der Waals surface area contributed by atoms with Gasteiger partial charge in [-0.1, -0.05) is 30.0 Å². The van der Waals surface area contributed by atoms with Crippen molar-refractivity contribution >= 4 is 23.5 Å². The van der Waals surface area contributed by atoms with Crippen LogP contribution in [0, 0.1) is 0 Å². The molecule has 22 heavy (non-hydrogen) atoms. The predicted molar refractivity (Wildman–Crippen MR) is 84.9 cm³/mol. The van der Waals surface area contributed by atoms with Gasteiger partial charge in [0.1, 0.15) is 0 Å². The van der Waals surface area contributed by atoms with Crippen LogP contribution in [-0.2, 0) is 5.75 Å². The number of aromatic nitrogens is 6. The molecule has 2 heterocycles. The third-order valence-corrected chi connectivity index (χ3v) is 4.32. The fourth-order valence-corrected chi connectivity index (χ4v) is 3.02. The molecule has 0 aliphatic rings. The fraction of sp³-hybridized carbons (Fsp3) is 0.308. The van der Waals surface area contributed by atoms with Gasteiger partial charge in [0.05, 0.1) is 16.7 Å². The molecule has 3 aromatic rings. The lowest BCUT2D eigenvalue weighted by Gasteiger charge is -2.08. The minimum Gasteiger partial charge on any atom is -0.415 e. The Morgan fingerprint density at radius 1 is 1.18 bits per heavy atom. The van der Waals surface area contributed by atoms with Gasteiger partial charge >= 0.3 is 0 Å². The largest absolute Gasteiger partial charge is 0.415 e. The van der Waals surface area contributed by atoms with Gasteiger partial charge in [0.15, 0.2) is 5.82 Å². The Labute approximate surface area is 135 Å². The first-order valence-corrected chi connectivity index (χ1v) is 8.87. The molecule has 0 amide bonds. The number of nitrogens with zero attached hydrogens (tertiary/aromatic N) is 6. The molecule has 9 heteroatoms. The van der Waals surface area contributed by atoms with Crippen molar-refractivity contribution in [3.63, 3.8) is 0 Å². The van der Waals surface area contributed by atoms with Gasteiger partial charge in [-0.2, -0.15) is 16.4 Å². The molecule has 114 valence electrons. The highest BCUT2D eigenvalue weighted by molar-refractivity contribution is 7.99. The van der Waals surface area contributed by atoms with E-state index < -0.39 is 0 Å². The van der Waals surface area contributed by atoms with Gasteiger partial charge in [-0.3, -0.25) is 0 Å². The van der Waals surface area contributed by atoms with Crippen molar-refractivity contribution < 1.29 is 4.42 Å². The molecule has 0 N–H and O–H groups in total. The Morgan fingerprint density at radius 3 is 2.77 bits per heavy atom. The monoisotopic (exact) mass is 334 g/mol. The zero-order valence-electron chi connectivity index (χ0n) is 12.1. The van der Waals surface area contributed by atoms with Crippen molar-refractivity contribution in [3.8, 4) is 5.69 Å². The van der Waals surface area contributed by atoms with Crippen LogP contribution in [0.25, 0.3) is 5.69 Å². The summed E-state index contributed by atoms with van der Waals surface area (Å²) < 4.78 is 7.30. The molecule has 0 bridgehead atoms. The standard InChI is InChI=1S/C13H14N6OS2/c1-9(22-13-16-14-11(20-13)8-21-2)12-15-17-18-19(12)10-6-4-3-5-7-10/h3-7,9H,8H2,1-2H3/t9-/m0/s1. The lowest BCUT2D eigenvalue weighted by atomic mass is 10.3. The van der Waals surface area contributed by atoms with E-state index in [1.165, 1.54) is 11.8 Å². The normalized spacial score (nSPS) is 12.5. The van der Waals surface area contributed by atoms with Crippen LogP contribution in [0.2, 0.25) is 0 Å². The van der Waals surface area contributed by atoms with E-state index in [9.17, 15) is 0 Å². The highest BCUT2D eigenvalue weighted by Gasteiger charge is 2.19. The maximum Gasteiger partial charge on any atom is 0.277 e. The van der Waals surface area contributed by atoms with Crippen LogP contribution in [0.4, 0.5) is 0 Å². The van der Waals surface area contributed by atoms with Crippen LogP contribution >= 0.6 is 23.5 Å². The quantitative estimate of drug-likeness (QED) is 0.636. The van der Waals surface area contributed by atoms with E-state index in [0.717, 1.165) is 11.5 Å². The fourth-order valence-electron chi connectivity index (χ4n) is 1.87. The van der Waals surface area contributed by atoms with Crippen molar-refractivity contribution in [1.82, 2.24) is 30.4 Å². The van der Waals surface area contributed by atoms with Crippen molar-refractivity contribution in [1.29, 1.82) is 0 Å². The molecule has 0 radical (unpaired) electrons. The summed E-state index contributed by atoms with van der Waals surface area (Å²) in [6, 6.07) is 9.77. The maximum atomic E-state index is 5.58. The van der Waals surface area contributed by atoms with Crippen LogP contribution < -0.4 is 0 Å². The summed E-state index contributed by atoms with van der Waals surface area (Å²) in [6.45, 7) is 2.01. The van der Waals surface area contributed by atoms with E-state index in [1.54, 1.807) is 16.4 Å². The molecule has 7 nitrogen and oxygen atoms in total. The minimum absolute atomic E-state index is 0.0159. The molecule has 0 fully saturated rings. The molecular weight excluding hydrogens is 320 g/mol. The molecule has 0 saturated carbocycles. The summed E-state index contributed by atoms with van der Waals surface area (Å²) >= 11 is 3.09. The highest BCUT2D eigenvalue weighted by Crippen LogP contribution is 2.33. The van der Waals surface area contributed by atoms with E-state index in [2.05, 4.69) is 25.7 Å². The summed E-state index contributed by atoms with van der Waals surface area (Å²) in [5, 5.41) is 20.5. The van der Waals surface area contributed by atoms with Gasteiger partial charge in [0, 0.05) is 0 Å². The van der Waals surface area contributed by atoms with Crippen molar-refractivity contribution in [2.24, 2.45) is 0 Å². The zero-order chi connectivity index (χ0) is 15.4. The van der Waals surface area contributed by atoms with Crippen LogP contribution in [-0.4, -0.2) is 36.7 Å². The summed E-state index contributed by atoms with van der Waals surface area (Å²) in [7, 11) is 0. The molecule has 1 atom stereocenters. The molecule has 0 saturated heterocycles. The Hall–Kier alpha value is -1.87. The summed E-state index contributed by atoms with van der Waals surface area (Å²) in [5.74, 6) is 2.08. The topological polar surface area (TPSA) is 82.5 Å². The smallest absolute Gasteiger partial charge is 0.277 e. The van der Waals surface area contributed by atoms with E-state index in [-0.39, 0.29) is 5.25 Å². The molecule has 1 aromatic carbocycles. The van der Waals surface area contributed by atoms with Gasteiger partial charge in [-0.25, -0.2) is 0 Å². The van der Waals surface area contributed by atoms with Crippen molar-refractivity contribution in [2.75, 3.05) is 6.26 Å². The van der Waals surface area contributed by atoms with Crippen molar-refractivity contribution in [2.45, 2.75) is 23.1 Å². The molecule has 0 unspecified atom stereocenters. The van der Waals surface area contributed by atoms with Gasteiger partial charge < -0.3 is 4.42 Å². The van der Waals surface area contributed by atoms with Crippen LogP contribution in [0.3, 0.4) is 0 Å².